The van der Waals surface area contributed by atoms with Crippen LogP contribution in [-0.2, 0) is 0 Å². The summed E-state index contributed by atoms with van der Waals surface area (Å²) in [5.74, 6) is 2.44. The smallest absolute Gasteiger partial charge is 0.232 e. The average molecular weight is 316 g/mol. The first-order valence-electron chi connectivity index (χ1n) is 7.49. The Morgan fingerprint density at radius 3 is 2.57 bits per heavy atom. The number of anilines is 1. The number of hydrogen-bond acceptors (Lipinski definition) is 7. The van der Waals surface area contributed by atoms with Gasteiger partial charge >= 0.3 is 0 Å². The van der Waals surface area contributed by atoms with Crippen molar-refractivity contribution in [1.29, 1.82) is 0 Å². The monoisotopic (exact) mass is 316 g/mol. The molecule has 1 fully saturated rings. The van der Waals surface area contributed by atoms with Gasteiger partial charge in [0, 0.05) is 30.9 Å². The van der Waals surface area contributed by atoms with Crippen LogP contribution < -0.4 is 19.1 Å². The molecule has 3 rings (SSSR count). The lowest BCUT2D eigenvalue weighted by molar-refractivity contribution is 0.223. The van der Waals surface area contributed by atoms with Crippen LogP contribution >= 0.6 is 0 Å². The van der Waals surface area contributed by atoms with Crippen molar-refractivity contribution < 1.29 is 14.2 Å². The Bertz CT molecular complexity index is 658. The largest absolute Gasteiger partial charge is 0.488 e. The molecule has 1 aliphatic rings. The molecule has 7 heteroatoms. The van der Waals surface area contributed by atoms with Crippen LogP contribution in [0.5, 0.6) is 17.5 Å². The van der Waals surface area contributed by atoms with Crippen LogP contribution in [0, 0.1) is 6.92 Å². The van der Waals surface area contributed by atoms with E-state index in [9.17, 15) is 0 Å². The van der Waals surface area contributed by atoms with E-state index >= 15 is 0 Å². The molecule has 0 bridgehead atoms. The van der Waals surface area contributed by atoms with Crippen molar-refractivity contribution in [3.8, 4) is 17.5 Å². The second kappa shape index (κ2) is 6.68. The van der Waals surface area contributed by atoms with E-state index < -0.39 is 0 Å². The number of aryl methyl sites for hydroxylation is 1. The molecule has 1 atom stereocenters. The van der Waals surface area contributed by atoms with Crippen molar-refractivity contribution in [1.82, 2.24) is 15.0 Å². The molecule has 1 unspecified atom stereocenters. The molecule has 7 nitrogen and oxygen atoms in total. The standard InChI is InChI=1S/C16H20N4O3/c1-11-9-17-6-4-13(11)23-12-5-7-20(10-12)16-18-14(21-2)8-15(19-16)22-3/h4,6,8-9,12H,5,7,10H2,1-3H3. The lowest BCUT2D eigenvalue weighted by Gasteiger charge is -2.18. The summed E-state index contributed by atoms with van der Waals surface area (Å²) in [5.41, 5.74) is 1.03. The highest BCUT2D eigenvalue weighted by Gasteiger charge is 2.27. The van der Waals surface area contributed by atoms with Gasteiger partial charge in [0.25, 0.3) is 0 Å². The minimum atomic E-state index is 0.0943. The first kappa shape index (κ1) is 15.3. The maximum absolute atomic E-state index is 6.07. The molecule has 1 aliphatic heterocycles. The van der Waals surface area contributed by atoms with Gasteiger partial charge in [-0.25, -0.2) is 0 Å². The van der Waals surface area contributed by atoms with Gasteiger partial charge in [0.2, 0.25) is 17.7 Å². The van der Waals surface area contributed by atoms with Crippen molar-refractivity contribution in [2.75, 3.05) is 32.2 Å². The van der Waals surface area contributed by atoms with Crippen molar-refractivity contribution in [3.63, 3.8) is 0 Å². The minimum absolute atomic E-state index is 0.0943. The summed E-state index contributed by atoms with van der Waals surface area (Å²) >= 11 is 0. The molecular formula is C16H20N4O3. The minimum Gasteiger partial charge on any atom is -0.488 e. The maximum Gasteiger partial charge on any atom is 0.232 e. The molecule has 3 heterocycles. The molecule has 0 aliphatic carbocycles. The van der Waals surface area contributed by atoms with Gasteiger partial charge in [-0.1, -0.05) is 0 Å². The number of rotatable bonds is 5. The quantitative estimate of drug-likeness (QED) is 0.833. The zero-order valence-corrected chi connectivity index (χ0v) is 13.5. The molecule has 2 aromatic rings. The Hall–Kier alpha value is -2.57. The van der Waals surface area contributed by atoms with E-state index in [1.54, 1.807) is 32.7 Å². The summed E-state index contributed by atoms with van der Waals surface area (Å²) in [7, 11) is 3.15. The summed E-state index contributed by atoms with van der Waals surface area (Å²) in [6, 6.07) is 3.55. The van der Waals surface area contributed by atoms with E-state index in [1.807, 2.05) is 13.0 Å². The zero-order chi connectivity index (χ0) is 16.2. The molecule has 0 radical (unpaired) electrons. The van der Waals surface area contributed by atoms with Gasteiger partial charge in [-0.3, -0.25) is 4.98 Å². The summed E-state index contributed by atoms with van der Waals surface area (Å²) in [5, 5.41) is 0. The average Bonchev–Trinajstić information content (AvgIpc) is 3.05. The molecule has 0 spiro atoms. The first-order valence-corrected chi connectivity index (χ1v) is 7.49. The fraction of sp³-hybridized carbons (Fsp3) is 0.438. The van der Waals surface area contributed by atoms with E-state index in [0.717, 1.165) is 30.8 Å². The molecule has 2 aromatic heterocycles. The Kier molecular flexibility index (Phi) is 4.45. The molecule has 0 amide bonds. The predicted molar refractivity (Wildman–Crippen MR) is 85.4 cm³/mol. The van der Waals surface area contributed by atoms with Gasteiger partial charge in [0.1, 0.15) is 11.9 Å². The van der Waals surface area contributed by atoms with Gasteiger partial charge in [-0.15, -0.1) is 0 Å². The highest BCUT2D eigenvalue weighted by atomic mass is 16.5. The number of aromatic nitrogens is 3. The van der Waals surface area contributed by atoms with Crippen LogP contribution in [0.4, 0.5) is 5.95 Å². The SMILES string of the molecule is COc1cc(OC)nc(N2CCC(Oc3ccncc3C)C2)n1. The third kappa shape index (κ3) is 3.44. The van der Waals surface area contributed by atoms with Crippen LogP contribution in [0.25, 0.3) is 0 Å². The van der Waals surface area contributed by atoms with Gasteiger partial charge in [0.15, 0.2) is 0 Å². The Labute approximate surface area is 135 Å². The van der Waals surface area contributed by atoms with Crippen molar-refractivity contribution in [2.24, 2.45) is 0 Å². The highest BCUT2D eigenvalue weighted by molar-refractivity contribution is 5.38. The summed E-state index contributed by atoms with van der Waals surface area (Å²) in [6.45, 7) is 3.54. The number of pyridine rings is 1. The van der Waals surface area contributed by atoms with E-state index in [2.05, 4.69) is 19.9 Å². The number of ether oxygens (including phenoxy) is 3. The third-order valence-electron chi connectivity index (χ3n) is 3.78. The molecule has 122 valence electrons. The predicted octanol–water partition coefficient (Wildman–Crippen LogP) is 1.85. The normalized spacial score (nSPS) is 17.2. The summed E-state index contributed by atoms with van der Waals surface area (Å²) in [6.07, 6.45) is 4.55. The molecule has 0 N–H and O–H groups in total. The Morgan fingerprint density at radius 2 is 1.91 bits per heavy atom. The summed E-state index contributed by atoms with van der Waals surface area (Å²) in [4.78, 5) is 14.9. The second-order valence-electron chi connectivity index (χ2n) is 5.37. The molecule has 23 heavy (non-hydrogen) atoms. The van der Waals surface area contributed by atoms with Gasteiger partial charge in [0.05, 0.1) is 26.8 Å². The fourth-order valence-electron chi connectivity index (χ4n) is 2.52. The lowest BCUT2D eigenvalue weighted by atomic mass is 10.2. The van der Waals surface area contributed by atoms with Crippen LogP contribution in [0.2, 0.25) is 0 Å². The van der Waals surface area contributed by atoms with E-state index in [0.29, 0.717) is 17.7 Å². The molecule has 1 saturated heterocycles. The van der Waals surface area contributed by atoms with Gasteiger partial charge in [-0.2, -0.15) is 9.97 Å². The number of nitrogens with zero attached hydrogens (tertiary/aromatic N) is 4. The van der Waals surface area contributed by atoms with Crippen molar-refractivity contribution in [2.45, 2.75) is 19.4 Å². The van der Waals surface area contributed by atoms with E-state index in [4.69, 9.17) is 14.2 Å². The molecule has 0 saturated carbocycles. The highest BCUT2D eigenvalue weighted by Crippen LogP contribution is 2.26. The molecular weight excluding hydrogens is 296 g/mol. The maximum atomic E-state index is 6.07. The molecule has 0 aromatic carbocycles. The number of methoxy groups -OCH3 is 2. The lowest BCUT2D eigenvalue weighted by Crippen LogP contribution is -2.26. The van der Waals surface area contributed by atoms with Crippen LogP contribution in [0.1, 0.15) is 12.0 Å². The second-order valence-corrected chi connectivity index (χ2v) is 5.37. The van der Waals surface area contributed by atoms with Crippen molar-refractivity contribution >= 4 is 5.95 Å². The van der Waals surface area contributed by atoms with Crippen LogP contribution in [0.15, 0.2) is 24.5 Å². The van der Waals surface area contributed by atoms with Crippen molar-refractivity contribution in [3.05, 3.63) is 30.1 Å². The fourth-order valence-corrected chi connectivity index (χ4v) is 2.52. The summed E-state index contributed by atoms with van der Waals surface area (Å²) < 4.78 is 16.5. The zero-order valence-electron chi connectivity index (χ0n) is 13.5. The van der Waals surface area contributed by atoms with Gasteiger partial charge in [-0.05, 0) is 13.0 Å². The first-order chi connectivity index (χ1) is 11.2. The van der Waals surface area contributed by atoms with E-state index in [1.165, 1.54) is 0 Å². The van der Waals surface area contributed by atoms with Crippen LogP contribution in [0.3, 0.4) is 0 Å². The van der Waals surface area contributed by atoms with E-state index in [-0.39, 0.29) is 6.10 Å². The topological polar surface area (TPSA) is 69.6 Å². The Morgan fingerprint density at radius 1 is 1.17 bits per heavy atom. The Balaban J connectivity index is 1.71. The van der Waals surface area contributed by atoms with Gasteiger partial charge < -0.3 is 19.1 Å². The number of hydrogen-bond donors (Lipinski definition) is 0. The third-order valence-corrected chi connectivity index (χ3v) is 3.78. The van der Waals surface area contributed by atoms with Crippen LogP contribution in [-0.4, -0.2) is 48.4 Å².